The minimum Gasteiger partial charge on any atom is -0.490 e. The van der Waals surface area contributed by atoms with Crippen molar-refractivity contribution in [2.24, 2.45) is 0 Å². The Morgan fingerprint density at radius 1 is 0.947 bits per heavy atom. The monoisotopic (exact) mass is 257 g/mol. The lowest BCUT2D eigenvalue weighted by molar-refractivity contribution is 0.262. The van der Waals surface area contributed by atoms with Crippen LogP contribution in [0.2, 0.25) is 0 Å². The normalized spacial score (nSPS) is 10.2. The van der Waals surface area contributed by atoms with E-state index >= 15 is 0 Å². The lowest BCUT2D eigenvalue weighted by Gasteiger charge is -2.13. The molecule has 0 heterocycles. The minimum absolute atomic E-state index is 0.507. The van der Waals surface area contributed by atoms with Crippen molar-refractivity contribution in [3.05, 3.63) is 54.1 Å². The summed E-state index contributed by atoms with van der Waals surface area (Å²) in [6.45, 7) is 3.25. The molecule has 2 N–H and O–H groups in total. The fourth-order valence-corrected chi connectivity index (χ4v) is 1.70. The summed E-state index contributed by atoms with van der Waals surface area (Å²) in [4.78, 5) is 0. The molecular weight excluding hydrogens is 238 g/mol. The van der Waals surface area contributed by atoms with Crippen LogP contribution in [0.5, 0.6) is 11.5 Å². The van der Waals surface area contributed by atoms with Crippen molar-refractivity contribution in [2.45, 2.75) is 20.0 Å². The van der Waals surface area contributed by atoms with Crippen molar-refractivity contribution in [1.82, 2.24) is 0 Å². The smallest absolute Gasteiger partial charge is 0.163 e. The minimum atomic E-state index is 0.507. The number of nitrogens with two attached hydrogens (primary N) is 1. The summed E-state index contributed by atoms with van der Waals surface area (Å²) in [7, 11) is 0. The van der Waals surface area contributed by atoms with Crippen LogP contribution in [0.3, 0.4) is 0 Å². The first-order valence-corrected chi connectivity index (χ1v) is 6.48. The van der Waals surface area contributed by atoms with E-state index < -0.39 is 0 Å². The standard InChI is InChI=1S/C16H19NO2/c1-2-10-18-15-9-8-14(17)11-16(15)19-12-13-6-4-3-5-7-13/h3-9,11H,2,10,12,17H2,1H3. The zero-order valence-corrected chi connectivity index (χ0v) is 11.1. The average molecular weight is 257 g/mol. The summed E-state index contributed by atoms with van der Waals surface area (Å²) >= 11 is 0. The first kappa shape index (κ1) is 13.3. The summed E-state index contributed by atoms with van der Waals surface area (Å²) in [6, 6.07) is 15.5. The molecule has 0 saturated heterocycles. The molecular formula is C16H19NO2. The number of rotatable bonds is 6. The third-order valence-corrected chi connectivity index (χ3v) is 2.67. The fraction of sp³-hybridized carbons (Fsp3) is 0.250. The van der Waals surface area contributed by atoms with Crippen LogP contribution in [0.4, 0.5) is 5.69 Å². The van der Waals surface area contributed by atoms with Gasteiger partial charge in [-0.3, -0.25) is 0 Å². The molecule has 3 nitrogen and oxygen atoms in total. The predicted octanol–water partition coefficient (Wildman–Crippen LogP) is 3.64. The van der Waals surface area contributed by atoms with Crippen molar-refractivity contribution in [2.75, 3.05) is 12.3 Å². The van der Waals surface area contributed by atoms with Crippen molar-refractivity contribution < 1.29 is 9.47 Å². The molecule has 0 amide bonds. The topological polar surface area (TPSA) is 44.5 Å². The van der Waals surface area contributed by atoms with E-state index in [4.69, 9.17) is 15.2 Å². The first-order valence-electron chi connectivity index (χ1n) is 6.48. The lowest BCUT2D eigenvalue weighted by atomic mass is 10.2. The quantitative estimate of drug-likeness (QED) is 0.803. The van der Waals surface area contributed by atoms with Crippen molar-refractivity contribution in [3.63, 3.8) is 0 Å². The van der Waals surface area contributed by atoms with Crippen LogP contribution in [0, 0.1) is 0 Å². The maximum absolute atomic E-state index is 5.80. The molecule has 0 radical (unpaired) electrons. The second-order valence-electron chi connectivity index (χ2n) is 4.33. The van der Waals surface area contributed by atoms with Crippen LogP contribution in [-0.4, -0.2) is 6.61 Å². The van der Waals surface area contributed by atoms with Gasteiger partial charge in [0.05, 0.1) is 6.61 Å². The van der Waals surface area contributed by atoms with E-state index in [0.29, 0.717) is 24.7 Å². The van der Waals surface area contributed by atoms with Gasteiger partial charge in [0.25, 0.3) is 0 Å². The van der Waals surface area contributed by atoms with Crippen LogP contribution in [0.15, 0.2) is 48.5 Å². The number of hydrogen-bond acceptors (Lipinski definition) is 3. The fourth-order valence-electron chi connectivity index (χ4n) is 1.70. The second kappa shape index (κ2) is 6.69. The third kappa shape index (κ3) is 3.91. The van der Waals surface area contributed by atoms with E-state index in [0.717, 1.165) is 17.7 Å². The van der Waals surface area contributed by atoms with Crippen LogP contribution in [-0.2, 0) is 6.61 Å². The van der Waals surface area contributed by atoms with Crippen molar-refractivity contribution in [3.8, 4) is 11.5 Å². The summed E-state index contributed by atoms with van der Waals surface area (Å²) in [5, 5.41) is 0. The molecule has 0 aromatic heterocycles. The molecule has 0 unspecified atom stereocenters. The largest absolute Gasteiger partial charge is 0.490 e. The highest BCUT2D eigenvalue weighted by molar-refractivity contribution is 5.52. The SMILES string of the molecule is CCCOc1ccc(N)cc1OCc1ccccc1. The summed E-state index contributed by atoms with van der Waals surface area (Å²) < 4.78 is 11.4. The zero-order chi connectivity index (χ0) is 13.5. The van der Waals surface area contributed by atoms with E-state index in [9.17, 15) is 0 Å². The maximum atomic E-state index is 5.80. The number of hydrogen-bond donors (Lipinski definition) is 1. The van der Waals surface area contributed by atoms with Crippen LogP contribution in [0.1, 0.15) is 18.9 Å². The Morgan fingerprint density at radius 2 is 1.74 bits per heavy atom. The van der Waals surface area contributed by atoms with Gasteiger partial charge < -0.3 is 15.2 Å². The molecule has 0 aliphatic carbocycles. The molecule has 2 aromatic carbocycles. The van der Waals surface area contributed by atoms with Crippen molar-refractivity contribution in [1.29, 1.82) is 0 Å². The second-order valence-corrected chi connectivity index (χ2v) is 4.33. The van der Waals surface area contributed by atoms with Gasteiger partial charge in [0.15, 0.2) is 11.5 Å². The molecule has 3 heteroatoms. The lowest BCUT2D eigenvalue weighted by Crippen LogP contribution is -2.01. The van der Waals surface area contributed by atoms with Gasteiger partial charge in [0, 0.05) is 11.8 Å². The third-order valence-electron chi connectivity index (χ3n) is 2.67. The van der Waals surface area contributed by atoms with E-state index in [-0.39, 0.29) is 0 Å². The van der Waals surface area contributed by atoms with Gasteiger partial charge in [-0.05, 0) is 24.1 Å². The molecule has 19 heavy (non-hydrogen) atoms. The maximum Gasteiger partial charge on any atom is 0.163 e. The Hall–Kier alpha value is -2.16. The van der Waals surface area contributed by atoms with Gasteiger partial charge in [-0.1, -0.05) is 37.3 Å². The number of ether oxygens (including phenoxy) is 2. The van der Waals surface area contributed by atoms with Gasteiger partial charge in [0.1, 0.15) is 6.61 Å². The van der Waals surface area contributed by atoms with Gasteiger partial charge in [-0.2, -0.15) is 0 Å². The van der Waals surface area contributed by atoms with Gasteiger partial charge in [0.2, 0.25) is 0 Å². The van der Waals surface area contributed by atoms with Gasteiger partial charge >= 0.3 is 0 Å². The Bertz CT molecular complexity index is 511. The molecule has 0 fully saturated rings. The number of nitrogen functional groups attached to an aromatic ring is 1. The highest BCUT2D eigenvalue weighted by Gasteiger charge is 2.06. The zero-order valence-electron chi connectivity index (χ0n) is 11.1. The Kier molecular flexibility index (Phi) is 4.67. The van der Waals surface area contributed by atoms with E-state index in [1.165, 1.54) is 0 Å². The van der Waals surface area contributed by atoms with E-state index in [2.05, 4.69) is 6.92 Å². The molecule has 0 aliphatic rings. The molecule has 0 saturated carbocycles. The van der Waals surface area contributed by atoms with Gasteiger partial charge in [-0.15, -0.1) is 0 Å². The first-order chi connectivity index (χ1) is 9.29. The average Bonchev–Trinajstić information content (AvgIpc) is 2.45. The molecule has 0 atom stereocenters. The van der Waals surface area contributed by atoms with Crippen LogP contribution < -0.4 is 15.2 Å². The highest BCUT2D eigenvalue weighted by Crippen LogP contribution is 2.30. The summed E-state index contributed by atoms with van der Waals surface area (Å²) in [5.41, 5.74) is 7.58. The van der Waals surface area contributed by atoms with Gasteiger partial charge in [-0.25, -0.2) is 0 Å². The van der Waals surface area contributed by atoms with Crippen molar-refractivity contribution >= 4 is 5.69 Å². The predicted molar refractivity (Wildman–Crippen MR) is 77.4 cm³/mol. The molecule has 0 aliphatic heterocycles. The number of benzene rings is 2. The molecule has 2 aromatic rings. The van der Waals surface area contributed by atoms with Crippen LogP contribution >= 0.6 is 0 Å². The highest BCUT2D eigenvalue weighted by atomic mass is 16.5. The summed E-state index contributed by atoms with van der Waals surface area (Å²) in [5.74, 6) is 1.43. The molecule has 100 valence electrons. The number of anilines is 1. The molecule has 2 rings (SSSR count). The molecule has 0 bridgehead atoms. The summed E-state index contributed by atoms with van der Waals surface area (Å²) in [6.07, 6.45) is 0.961. The van der Waals surface area contributed by atoms with E-state index in [1.807, 2.05) is 42.5 Å². The van der Waals surface area contributed by atoms with Crippen LogP contribution in [0.25, 0.3) is 0 Å². The van der Waals surface area contributed by atoms with E-state index in [1.54, 1.807) is 6.07 Å². The molecule has 0 spiro atoms. The Labute approximate surface area is 114 Å². The Morgan fingerprint density at radius 3 is 2.47 bits per heavy atom. The Balaban J connectivity index is 2.07.